The maximum atomic E-state index is 12.5. The van der Waals surface area contributed by atoms with Gasteiger partial charge in [0.2, 0.25) is 5.96 Å². The van der Waals surface area contributed by atoms with Crippen LogP contribution in [0.2, 0.25) is 10.0 Å². The van der Waals surface area contributed by atoms with E-state index in [1.54, 1.807) is 0 Å². The summed E-state index contributed by atoms with van der Waals surface area (Å²) in [5.74, 6) is -0.799. The van der Waals surface area contributed by atoms with Crippen LogP contribution in [0.1, 0.15) is 5.56 Å². The fourth-order valence-electron chi connectivity index (χ4n) is 1.15. The number of nitrogens with two attached hydrogens (primary N) is 2. The van der Waals surface area contributed by atoms with E-state index in [0.717, 1.165) is 0 Å². The second-order valence-electron chi connectivity index (χ2n) is 3.26. The molecule has 0 aliphatic rings. The van der Waals surface area contributed by atoms with Gasteiger partial charge in [0, 0.05) is 0 Å². The fraction of sp³-hybridized carbons (Fsp3) is 0.125. The Morgan fingerprint density at radius 1 is 1.16 bits per heavy atom. The van der Waals surface area contributed by atoms with E-state index in [1.807, 2.05) is 0 Å². The second kappa shape index (κ2) is 5.06. The van der Waals surface area contributed by atoms with E-state index in [4.69, 9.17) is 34.7 Å². The van der Waals surface area contributed by atoms with Crippen molar-refractivity contribution in [2.24, 2.45) is 15.9 Å². The lowest BCUT2D eigenvalue weighted by Crippen LogP contribution is -2.24. The van der Waals surface area contributed by atoms with Gasteiger partial charge in [-0.1, -0.05) is 23.2 Å². The van der Waals surface area contributed by atoms with Crippen LogP contribution in [0.25, 0.3) is 0 Å². The van der Waals surface area contributed by atoms with Gasteiger partial charge in [-0.2, -0.15) is 21.6 Å². The molecule has 0 aromatic heterocycles. The highest BCUT2D eigenvalue weighted by atomic mass is 35.5. The number of nitrogens with zero attached hydrogens (tertiary/aromatic N) is 1. The number of sulfonamides is 1. The second-order valence-corrected chi connectivity index (χ2v) is 5.61. The highest BCUT2D eigenvalue weighted by Crippen LogP contribution is 2.38. The number of hydrogen-bond donors (Lipinski definition) is 2. The molecule has 11 heteroatoms. The summed E-state index contributed by atoms with van der Waals surface area (Å²) in [5, 5.41) is -1.46. The first-order valence-corrected chi connectivity index (χ1v) is 6.57. The van der Waals surface area contributed by atoms with Gasteiger partial charge in [-0.25, -0.2) is 0 Å². The van der Waals surface area contributed by atoms with Crippen molar-refractivity contribution in [1.29, 1.82) is 0 Å². The molecule has 0 amide bonds. The van der Waals surface area contributed by atoms with Crippen LogP contribution in [-0.2, 0) is 16.2 Å². The molecule has 1 aromatic carbocycles. The zero-order chi connectivity index (χ0) is 15.0. The summed E-state index contributed by atoms with van der Waals surface area (Å²) in [4.78, 5) is -0.794. The molecule has 0 atom stereocenters. The Kier molecular flexibility index (Phi) is 4.23. The van der Waals surface area contributed by atoms with Gasteiger partial charge in [0.15, 0.2) is 0 Å². The first-order valence-electron chi connectivity index (χ1n) is 4.37. The van der Waals surface area contributed by atoms with Crippen molar-refractivity contribution >= 4 is 39.2 Å². The van der Waals surface area contributed by atoms with Gasteiger partial charge in [-0.3, -0.25) is 0 Å². The SMILES string of the molecule is NC(N)=NS(=O)(=O)c1c(Cl)cc(C(F)(F)F)cc1Cl. The average Bonchev–Trinajstić information content (AvgIpc) is 2.11. The monoisotopic (exact) mass is 335 g/mol. The molecule has 106 valence electrons. The molecular formula is C8H6Cl2F3N3O2S. The Balaban J connectivity index is 3.54. The molecule has 0 radical (unpaired) electrons. The number of benzene rings is 1. The van der Waals surface area contributed by atoms with E-state index in [9.17, 15) is 21.6 Å². The smallest absolute Gasteiger partial charge is 0.369 e. The van der Waals surface area contributed by atoms with Gasteiger partial charge in [0.1, 0.15) is 4.90 Å². The molecule has 1 rings (SSSR count). The lowest BCUT2D eigenvalue weighted by molar-refractivity contribution is -0.137. The molecule has 0 saturated carbocycles. The predicted octanol–water partition coefficient (Wildman–Crippen LogP) is 1.97. The van der Waals surface area contributed by atoms with Crippen molar-refractivity contribution in [3.8, 4) is 0 Å². The van der Waals surface area contributed by atoms with Crippen LogP contribution in [0, 0.1) is 0 Å². The number of halogens is 5. The minimum Gasteiger partial charge on any atom is -0.369 e. The Morgan fingerprint density at radius 3 is 1.89 bits per heavy atom. The van der Waals surface area contributed by atoms with Crippen molar-refractivity contribution in [3.05, 3.63) is 27.7 Å². The Hall–Kier alpha value is -1.19. The van der Waals surface area contributed by atoms with E-state index in [2.05, 4.69) is 4.40 Å². The third-order valence-corrected chi connectivity index (χ3v) is 4.04. The fourth-order valence-corrected chi connectivity index (χ4v) is 3.21. The molecule has 0 fully saturated rings. The van der Waals surface area contributed by atoms with Crippen molar-refractivity contribution in [3.63, 3.8) is 0 Å². The third-order valence-electron chi connectivity index (χ3n) is 1.81. The van der Waals surface area contributed by atoms with Gasteiger partial charge >= 0.3 is 6.18 Å². The molecule has 0 aliphatic carbocycles. The molecule has 0 saturated heterocycles. The molecule has 0 heterocycles. The minimum atomic E-state index is -4.72. The summed E-state index contributed by atoms with van der Waals surface area (Å²) >= 11 is 11.0. The van der Waals surface area contributed by atoms with Crippen molar-refractivity contribution in [1.82, 2.24) is 0 Å². The summed E-state index contributed by atoms with van der Waals surface area (Å²) in [7, 11) is -4.48. The van der Waals surface area contributed by atoms with E-state index >= 15 is 0 Å². The molecule has 0 unspecified atom stereocenters. The molecule has 0 aliphatic heterocycles. The highest BCUT2D eigenvalue weighted by molar-refractivity contribution is 7.90. The molecular weight excluding hydrogens is 330 g/mol. The van der Waals surface area contributed by atoms with Crippen LogP contribution in [0.4, 0.5) is 13.2 Å². The average molecular weight is 336 g/mol. The highest BCUT2D eigenvalue weighted by Gasteiger charge is 2.33. The van der Waals surface area contributed by atoms with Gasteiger partial charge < -0.3 is 11.5 Å². The molecule has 0 bridgehead atoms. The maximum absolute atomic E-state index is 12.5. The Bertz CT molecular complexity index is 616. The van der Waals surface area contributed by atoms with Crippen molar-refractivity contribution < 1.29 is 21.6 Å². The Morgan fingerprint density at radius 2 is 1.58 bits per heavy atom. The molecule has 19 heavy (non-hydrogen) atoms. The van der Waals surface area contributed by atoms with E-state index in [0.29, 0.717) is 12.1 Å². The maximum Gasteiger partial charge on any atom is 0.416 e. The molecule has 5 nitrogen and oxygen atoms in total. The zero-order valence-corrected chi connectivity index (χ0v) is 11.2. The standard InChI is InChI=1S/C8H6Cl2F3N3O2S/c9-4-1-3(8(11,12)13)2-5(10)6(4)19(17,18)16-7(14)15/h1-2H,(H4,14,15,16). The van der Waals surface area contributed by atoms with E-state index < -0.39 is 42.7 Å². The van der Waals surface area contributed by atoms with E-state index in [-0.39, 0.29) is 0 Å². The molecule has 1 aromatic rings. The summed E-state index contributed by atoms with van der Waals surface area (Å²) in [5.41, 5.74) is 8.61. The summed E-state index contributed by atoms with van der Waals surface area (Å²) < 4.78 is 63.5. The van der Waals surface area contributed by atoms with Crippen LogP contribution in [0.15, 0.2) is 21.4 Å². The quantitative estimate of drug-likeness (QED) is 0.637. The van der Waals surface area contributed by atoms with Crippen molar-refractivity contribution in [2.75, 3.05) is 0 Å². The predicted molar refractivity (Wildman–Crippen MR) is 64.5 cm³/mol. The van der Waals surface area contributed by atoms with Gasteiger partial charge in [0.25, 0.3) is 10.0 Å². The van der Waals surface area contributed by atoms with Crippen LogP contribution in [0.3, 0.4) is 0 Å². The number of guanidine groups is 1. The molecule has 4 N–H and O–H groups in total. The lowest BCUT2D eigenvalue weighted by atomic mass is 10.2. The van der Waals surface area contributed by atoms with Gasteiger partial charge in [-0.05, 0) is 12.1 Å². The third kappa shape index (κ3) is 3.64. The Labute approximate surface area is 116 Å². The van der Waals surface area contributed by atoms with Crippen LogP contribution < -0.4 is 11.5 Å². The lowest BCUT2D eigenvalue weighted by Gasteiger charge is -2.10. The van der Waals surface area contributed by atoms with Gasteiger partial charge in [0.05, 0.1) is 15.6 Å². The van der Waals surface area contributed by atoms with Crippen molar-refractivity contribution in [2.45, 2.75) is 11.1 Å². The summed E-state index contributed by atoms with van der Waals surface area (Å²) in [6.07, 6.45) is -4.72. The summed E-state index contributed by atoms with van der Waals surface area (Å²) in [6.45, 7) is 0. The first kappa shape index (κ1) is 15.9. The van der Waals surface area contributed by atoms with Gasteiger partial charge in [-0.15, -0.1) is 4.40 Å². The summed E-state index contributed by atoms with van der Waals surface area (Å²) in [6, 6.07) is 0.838. The van der Waals surface area contributed by atoms with Crippen LogP contribution in [0.5, 0.6) is 0 Å². The van der Waals surface area contributed by atoms with Crippen LogP contribution >= 0.6 is 23.2 Å². The minimum absolute atomic E-state index is 0.419. The number of alkyl halides is 3. The first-order chi connectivity index (χ1) is 8.45. The molecule has 0 spiro atoms. The normalized spacial score (nSPS) is 12.3. The largest absolute Gasteiger partial charge is 0.416 e. The van der Waals surface area contributed by atoms with Crippen LogP contribution in [-0.4, -0.2) is 14.4 Å². The number of rotatable bonds is 2. The van der Waals surface area contributed by atoms with E-state index in [1.165, 1.54) is 0 Å². The zero-order valence-electron chi connectivity index (χ0n) is 8.87. The number of hydrogen-bond acceptors (Lipinski definition) is 2. The topological polar surface area (TPSA) is 98.5 Å².